The average Bonchev–Trinajstić information content (AvgIpc) is 2.44. The lowest BCUT2D eigenvalue weighted by atomic mass is 10.0. The third kappa shape index (κ3) is 3.83. The Kier molecular flexibility index (Phi) is 5.01. The van der Waals surface area contributed by atoms with Crippen LogP contribution >= 0.6 is 11.8 Å². The lowest BCUT2D eigenvalue weighted by Gasteiger charge is -2.15. The third-order valence-electron chi connectivity index (χ3n) is 3.84. The molecule has 4 heteroatoms. The molecule has 2 rings (SSSR count). The molecule has 1 aromatic heterocycles. The summed E-state index contributed by atoms with van der Waals surface area (Å²) in [6.07, 6.45) is 0. The highest BCUT2D eigenvalue weighted by Crippen LogP contribution is 2.24. The van der Waals surface area contributed by atoms with E-state index in [4.69, 9.17) is 5.73 Å². The maximum atomic E-state index is 6.34. The Balaban J connectivity index is 2.11. The predicted octanol–water partition coefficient (Wildman–Crippen LogP) is 3.81. The van der Waals surface area contributed by atoms with E-state index in [1.165, 1.54) is 16.7 Å². The third-order valence-corrected chi connectivity index (χ3v) is 4.80. The van der Waals surface area contributed by atoms with Gasteiger partial charge in [0.25, 0.3) is 0 Å². The summed E-state index contributed by atoms with van der Waals surface area (Å²) in [6, 6.07) is 6.42. The van der Waals surface area contributed by atoms with Crippen LogP contribution in [-0.4, -0.2) is 15.7 Å². The van der Waals surface area contributed by atoms with E-state index in [0.717, 1.165) is 27.9 Å². The molecule has 0 radical (unpaired) electrons. The van der Waals surface area contributed by atoms with Crippen molar-refractivity contribution >= 4 is 11.8 Å². The molecule has 0 spiro atoms. The maximum absolute atomic E-state index is 6.34. The topological polar surface area (TPSA) is 51.8 Å². The molecule has 2 aromatic rings. The van der Waals surface area contributed by atoms with Crippen molar-refractivity contribution in [3.63, 3.8) is 0 Å². The first-order valence-electron chi connectivity index (χ1n) is 7.16. The lowest BCUT2D eigenvalue weighted by Crippen LogP contribution is -2.15. The van der Waals surface area contributed by atoms with Crippen molar-refractivity contribution in [3.8, 4) is 0 Å². The van der Waals surface area contributed by atoms with Crippen molar-refractivity contribution < 1.29 is 0 Å². The van der Waals surface area contributed by atoms with E-state index >= 15 is 0 Å². The Bertz CT molecular complexity index is 629. The molecule has 2 N–H and O–H groups in total. The smallest absolute Gasteiger partial charge is 0.188 e. The Morgan fingerprint density at radius 2 is 1.67 bits per heavy atom. The first-order valence-corrected chi connectivity index (χ1v) is 8.14. The monoisotopic (exact) mass is 301 g/mol. The van der Waals surface area contributed by atoms with Gasteiger partial charge in [0.1, 0.15) is 0 Å². The van der Waals surface area contributed by atoms with Gasteiger partial charge < -0.3 is 5.73 Å². The number of aryl methyl sites for hydroxylation is 4. The van der Waals surface area contributed by atoms with Gasteiger partial charge in [0.15, 0.2) is 5.16 Å². The first kappa shape index (κ1) is 16.0. The van der Waals surface area contributed by atoms with Crippen LogP contribution in [-0.2, 0) is 0 Å². The fourth-order valence-electron chi connectivity index (χ4n) is 2.22. The Morgan fingerprint density at radius 1 is 1.05 bits per heavy atom. The number of aromatic nitrogens is 2. The van der Waals surface area contributed by atoms with E-state index in [2.05, 4.69) is 48.9 Å². The van der Waals surface area contributed by atoms with E-state index in [0.29, 0.717) is 0 Å². The number of nitrogens with two attached hydrogens (primary N) is 1. The molecule has 1 atom stereocenters. The molecule has 0 saturated carbocycles. The Hall–Kier alpha value is -1.39. The minimum absolute atomic E-state index is 0.000385. The van der Waals surface area contributed by atoms with Crippen molar-refractivity contribution in [2.45, 2.75) is 45.8 Å². The molecule has 0 bridgehead atoms. The number of benzene rings is 1. The van der Waals surface area contributed by atoms with Crippen LogP contribution in [0.2, 0.25) is 0 Å². The number of nitrogens with zero attached hydrogens (tertiary/aromatic N) is 2. The van der Waals surface area contributed by atoms with E-state index in [9.17, 15) is 0 Å². The SMILES string of the molecule is Cc1ccc(C)c(C(N)CSc2nc(C)c(C)c(C)n2)c1. The minimum Gasteiger partial charge on any atom is -0.323 e. The summed E-state index contributed by atoms with van der Waals surface area (Å²) >= 11 is 1.63. The van der Waals surface area contributed by atoms with Gasteiger partial charge in [-0.25, -0.2) is 9.97 Å². The van der Waals surface area contributed by atoms with Crippen LogP contribution in [0.15, 0.2) is 23.4 Å². The Labute approximate surface area is 131 Å². The van der Waals surface area contributed by atoms with Gasteiger partial charge in [-0.3, -0.25) is 0 Å². The van der Waals surface area contributed by atoms with Crippen molar-refractivity contribution in [1.29, 1.82) is 0 Å². The predicted molar refractivity (Wildman–Crippen MR) is 89.8 cm³/mol. The van der Waals surface area contributed by atoms with Crippen molar-refractivity contribution in [3.05, 3.63) is 51.8 Å². The van der Waals surface area contributed by atoms with Gasteiger partial charge in [-0.2, -0.15) is 0 Å². The molecule has 21 heavy (non-hydrogen) atoms. The number of hydrogen-bond donors (Lipinski definition) is 1. The fourth-order valence-corrected chi connectivity index (χ4v) is 3.13. The molecule has 1 unspecified atom stereocenters. The molecular formula is C17H23N3S. The quantitative estimate of drug-likeness (QED) is 0.689. The summed E-state index contributed by atoms with van der Waals surface area (Å²) in [5.41, 5.74) is 13.3. The first-order chi connectivity index (χ1) is 9.88. The van der Waals surface area contributed by atoms with Crippen LogP contribution < -0.4 is 5.73 Å². The minimum atomic E-state index is 0.000385. The van der Waals surface area contributed by atoms with Crippen molar-refractivity contribution in [2.24, 2.45) is 5.73 Å². The molecule has 1 heterocycles. The van der Waals surface area contributed by atoms with Crippen LogP contribution in [0.1, 0.15) is 39.7 Å². The van der Waals surface area contributed by atoms with Crippen LogP contribution in [0.4, 0.5) is 0 Å². The molecule has 0 fully saturated rings. The molecule has 0 aliphatic rings. The van der Waals surface area contributed by atoms with E-state index < -0.39 is 0 Å². The van der Waals surface area contributed by atoms with Gasteiger partial charge >= 0.3 is 0 Å². The second kappa shape index (κ2) is 6.58. The van der Waals surface area contributed by atoms with E-state index in [-0.39, 0.29) is 6.04 Å². The van der Waals surface area contributed by atoms with Crippen LogP contribution in [0.3, 0.4) is 0 Å². The largest absolute Gasteiger partial charge is 0.323 e. The summed E-state index contributed by atoms with van der Waals surface area (Å²) in [5, 5.41) is 0.816. The second-order valence-electron chi connectivity index (χ2n) is 5.58. The van der Waals surface area contributed by atoms with Crippen LogP contribution in [0.5, 0.6) is 0 Å². The molecule has 0 saturated heterocycles. The molecule has 0 aliphatic carbocycles. The summed E-state index contributed by atoms with van der Waals surface area (Å²) in [7, 11) is 0. The zero-order valence-electron chi connectivity index (χ0n) is 13.4. The van der Waals surface area contributed by atoms with E-state index in [1.807, 2.05) is 13.8 Å². The molecule has 112 valence electrons. The zero-order chi connectivity index (χ0) is 15.6. The summed E-state index contributed by atoms with van der Waals surface area (Å²) in [6.45, 7) is 10.3. The summed E-state index contributed by atoms with van der Waals surface area (Å²) in [4.78, 5) is 9.07. The zero-order valence-corrected chi connectivity index (χ0v) is 14.2. The van der Waals surface area contributed by atoms with Gasteiger partial charge in [0.2, 0.25) is 0 Å². The average molecular weight is 301 g/mol. The molecule has 0 aliphatic heterocycles. The number of hydrogen-bond acceptors (Lipinski definition) is 4. The molecule has 3 nitrogen and oxygen atoms in total. The Morgan fingerprint density at radius 3 is 2.29 bits per heavy atom. The normalized spacial score (nSPS) is 12.5. The highest BCUT2D eigenvalue weighted by Gasteiger charge is 2.12. The molecule has 0 amide bonds. The van der Waals surface area contributed by atoms with Crippen LogP contribution in [0, 0.1) is 34.6 Å². The summed E-state index contributed by atoms with van der Waals surface area (Å²) < 4.78 is 0. The van der Waals surface area contributed by atoms with Crippen molar-refractivity contribution in [1.82, 2.24) is 9.97 Å². The van der Waals surface area contributed by atoms with Gasteiger partial charge in [-0.15, -0.1) is 0 Å². The van der Waals surface area contributed by atoms with E-state index in [1.54, 1.807) is 11.8 Å². The molecule has 1 aromatic carbocycles. The fraction of sp³-hybridized carbons (Fsp3) is 0.412. The maximum Gasteiger partial charge on any atom is 0.188 e. The van der Waals surface area contributed by atoms with Gasteiger partial charge in [-0.1, -0.05) is 35.5 Å². The number of rotatable bonds is 4. The standard InChI is InChI=1S/C17H23N3S/c1-10-6-7-11(2)15(8-10)16(18)9-21-17-19-13(4)12(3)14(5)20-17/h6-8,16H,9,18H2,1-5H3. The van der Waals surface area contributed by atoms with Gasteiger partial charge in [0.05, 0.1) is 0 Å². The second-order valence-corrected chi connectivity index (χ2v) is 6.57. The van der Waals surface area contributed by atoms with Gasteiger partial charge in [0, 0.05) is 23.2 Å². The van der Waals surface area contributed by atoms with Crippen LogP contribution in [0.25, 0.3) is 0 Å². The highest BCUT2D eigenvalue weighted by atomic mass is 32.2. The van der Waals surface area contributed by atoms with Crippen molar-refractivity contribution in [2.75, 3.05) is 5.75 Å². The highest BCUT2D eigenvalue weighted by molar-refractivity contribution is 7.99. The van der Waals surface area contributed by atoms with Gasteiger partial charge in [-0.05, 0) is 51.3 Å². The number of thioether (sulfide) groups is 1. The lowest BCUT2D eigenvalue weighted by molar-refractivity contribution is 0.812. The molecular weight excluding hydrogens is 278 g/mol. The summed E-state index contributed by atoms with van der Waals surface area (Å²) in [5.74, 6) is 0.784.